The lowest BCUT2D eigenvalue weighted by Gasteiger charge is -2.36. The number of aromatic nitrogens is 1. The molecule has 2 aromatic rings. The van der Waals surface area contributed by atoms with Gasteiger partial charge in [0.05, 0.1) is 16.7 Å². The zero-order valence-corrected chi connectivity index (χ0v) is 14.7. The largest absolute Gasteiger partial charge is 0.390 e. The summed E-state index contributed by atoms with van der Waals surface area (Å²) >= 11 is 0. The average Bonchev–Trinajstić information content (AvgIpc) is 2.54. The van der Waals surface area contributed by atoms with Crippen LogP contribution in [0.4, 0.5) is 0 Å². The third-order valence-corrected chi connectivity index (χ3v) is 5.16. The Hall–Kier alpha value is -1.88. The summed E-state index contributed by atoms with van der Waals surface area (Å²) in [7, 11) is 2.03. The maximum atomic E-state index is 12.5. The minimum Gasteiger partial charge on any atom is -0.390 e. The van der Waals surface area contributed by atoms with E-state index in [1.807, 2.05) is 46.0 Å². The molecule has 1 amide bonds. The van der Waals surface area contributed by atoms with Crippen molar-refractivity contribution in [1.82, 2.24) is 10.3 Å². The summed E-state index contributed by atoms with van der Waals surface area (Å²) in [4.78, 5) is 16.9. The van der Waals surface area contributed by atoms with Crippen molar-refractivity contribution < 1.29 is 9.90 Å². The molecule has 1 heterocycles. The molecule has 1 aromatic heterocycles. The second-order valence-corrected chi connectivity index (χ2v) is 7.60. The highest BCUT2D eigenvalue weighted by atomic mass is 16.3. The number of benzene rings is 1. The van der Waals surface area contributed by atoms with Crippen LogP contribution in [0.1, 0.15) is 49.9 Å². The highest BCUT2D eigenvalue weighted by molar-refractivity contribution is 6.33. The van der Waals surface area contributed by atoms with Gasteiger partial charge in [0.25, 0.3) is 5.91 Å². The number of rotatable bonds is 3. The molecule has 1 saturated carbocycles. The van der Waals surface area contributed by atoms with Crippen LogP contribution in [-0.4, -0.2) is 35.5 Å². The van der Waals surface area contributed by atoms with E-state index < -0.39 is 5.60 Å². The maximum absolute atomic E-state index is 12.5. The van der Waals surface area contributed by atoms with E-state index in [0.29, 0.717) is 11.5 Å². The molecule has 1 aromatic carbocycles. The van der Waals surface area contributed by atoms with Gasteiger partial charge in [0.2, 0.25) is 0 Å². The van der Waals surface area contributed by atoms with E-state index in [1.54, 1.807) is 6.20 Å². The van der Waals surface area contributed by atoms with Gasteiger partial charge in [-0.15, -0.1) is 0 Å². The second kappa shape index (κ2) is 6.56. The van der Waals surface area contributed by atoms with Gasteiger partial charge in [-0.1, -0.05) is 17.6 Å². The van der Waals surface area contributed by atoms with Crippen LogP contribution >= 0.6 is 0 Å². The average molecular weight is 324 g/mol. The third kappa shape index (κ3) is 3.78. The predicted molar refractivity (Wildman–Crippen MR) is 99.4 cm³/mol. The maximum Gasteiger partial charge on any atom is 0.253 e. The fourth-order valence-corrected chi connectivity index (χ4v) is 3.57. The fourth-order valence-electron chi connectivity index (χ4n) is 3.57. The van der Waals surface area contributed by atoms with E-state index in [-0.39, 0.29) is 11.9 Å². The zero-order chi connectivity index (χ0) is 17.3. The molecule has 0 bridgehead atoms. The quantitative estimate of drug-likeness (QED) is 0.842. The van der Waals surface area contributed by atoms with Gasteiger partial charge in [0.15, 0.2) is 0 Å². The molecule has 1 fully saturated rings. The molecule has 0 saturated heterocycles. The van der Waals surface area contributed by atoms with E-state index in [9.17, 15) is 9.90 Å². The van der Waals surface area contributed by atoms with Gasteiger partial charge < -0.3 is 10.4 Å². The van der Waals surface area contributed by atoms with E-state index in [1.165, 1.54) is 0 Å². The minimum atomic E-state index is -0.630. The number of nitrogens with one attached hydrogen (secondary N) is 1. The van der Waals surface area contributed by atoms with Gasteiger partial charge in [-0.3, -0.25) is 9.78 Å². The second-order valence-electron chi connectivity index (χ2n) is 7.60. The summed E-state index contributed by atoms with van der Waals surface area (Å²) in [5.41, 5.74) is 2.05. The Morgan fingerprint density at radius 1 is 1.25 bits per heavy atom. The number of hydrogen-bond donors (Lipinski definition) is 2. The Balaban J connectivity index is 1.64. The first-order valence-electron chi connectivity index (χ1n) is 8.72. The van der Waals surface area contributed by atoms with Crippen molar-refractivity contribution in [3.63, 3.8) is 0 Å². The van der Waals surface area contributed by atoms with Gasteiger partial charge in [0, 0.05) is 17.6 Å². The molecule has 0 spiro atoms. The first-order valence-corrected chi connectivity index (χ1v) is 8.72. The monoisotopic (exact) mass is 324 g/mol. The molecule has 0 aliphatic heterocycles. The van der Waals surface area contributed by atoms with Gasteiger partial charge in [0.1, 0.15) is 7.85 Å². The van der Waals surface area contributed by atoms with Crippen LogP contribution in [-0.2, 0) is 0 Å². The number of amides is 1. The number of pyridine rings is 1. The van der Waals surface area contributed by atoms with Crippen molar-refractivity contribution in [3.8, 4) is 0 Å². The summed E-state index contributed by atoms with van der Waals surface area (Å²) in [6, 6.07) is 8.14. The van der Waals surface area contributed by atoms with Crippen molar-refractivity contribution in [2.45, 2.75) is 51.2 Å². The standard InChI is InChI=1S/C19H25BN2O2/c1-19(2,24)14-4-7-16(8-5-14)22-18(23)13-9-12-3-6-15(20)10-17(12)21-11-13/h3,6,9-11,14,16,24H,4-5,7-8,20H2,1-2H3,(H,22,23). The third-order valence-electron chi connectivity index (χ3n) is 5.16. The minimum absolute atomic E-state index is 0.0586. The normalized spacial score (nSPS) is 21.6. The summed E-state index contributed by atoms with van der Waals surface area (Å²) in [6.07, 6.45) is 5.38. The van der Waals surface area contributed by atoms with E-state index in [2.05, 4.69) is 10.3 Å². The summed E-state index contributed by atoms with van der Waals surface area (Å²) in [5.74, 6) is 0.257. The topological polar surface area (TPSA) is 62.2 Å². The van der Waals surface area contributed by atoms with Crippen LogP contribution in [0.5, 0.6) is 0 Å². The molecule has 24 heavy (non-hydrogen) atoms. The number of carbonyl (C=O) groups excluding carboxylic acids is 1. The van der Waals surface area contributed by atoms with E-state index in [4.69, 9.17) is 0 Å². The zero-order valence-electron chi connectivity index (χ0n) is 14.7. The summed E-state index contributed by atoms with van der Waals surface area (Å²) < 4.78 is 0. The number of hydrogen-bond acceptors (Lipinski definition) is 3. The Labute approximate surface area is 144 Å². The van der Waals surface area contributed by atoms with Gasteiger partial charge in [-0.25, -0.2) is 0 Å². The fraction of sp³-hybridized carbons (Fsp3) is 0.474. The lowest BCUT2D eigenvalue weighted by molar-refractivity contribution is -0.00257. The molecular formula is C19H25BN2O2. The Morgan fingerprint density at radius 2 is 1.96 bits per heavy atom. The predicted octanol–water partition coefficient (Wildman–Crippen LogP) is 1.55. The Bertz CT molecular complexity index is 747. The highest BCUT2D eigenvalue weighted by Crippen LogP contribution is 2.32. The van der Waals surface area contributed by atoms with Crippen LogP contribution in [0.25, 0.3) is 10.9 Å². The Kier molecular flexibility index (Phi) is 4.63. The van der Waals surface area contributed by atoms with Crippen molar-refractivity contribution in [3.05, 3.63) is 36.0 Å². The Morgan fingerprint density at radius 3 is 2.62 bits per heavy atom. The number of carbonyl (C=O) groups is 1. The smallest absolute Gasteiger partial charge is 0.253 e. The molecule has 2 N–H and O–H groups in total. The molecule has 5 heteroatoms. The molecule has 0 radical (unpaired) electrons. The summed E-state index contributed by atoms with van der Waals surface area (Å²) in [5, 5.41) is 14.2. The van der Waals surface area contributed by atoms with Crippen molar-refractivity contribution in [1.29, 1.82) is 0 Å². The lowest BCUT2D eigenvalue weighted by Crippen LogP contribution is -2.41. The first-order chi connectivity index (χ1) is 11.3. The van der Waals surface area contributed by atoms with Gasteiger partial charge in [-0.2, -0.15) is 0 Å². The van der Waals surface area contributed by atoms with Crippen LogP contribution in [0.3, 0.4) is 0 Å². The number of aliphatic hydroxyl groups is 1. The van der Waals surface area contributed by atoms with Gasteiger partial charge >= 0.3 is 0 Å². The van der Waals surface area contributed by atoms with Crippen molar-refractivity contribution >= 4 is 30.1 Å². The number of fused-ring (bicyclic) bond motifs is 1. The molecule has 1 aliphatic rings. The molecule has 3 rings (SSSR count). The SMILES string of the molecule is Bc1ccc2cc(C(=O)NC3CCC(C(C)(C)O)CC3)cnc2c1. The van der Waals surface area contributed by atoms with Crippen LogP contribution in [0, 0.1) is 5.92 Å². The first kappa shape index (κ1) is 17.0. The van der Waals surface area contributed by atoms with Crippen molar-refractivity contribution in [2.24, 2.45) is 5.92 Å². The van der Waals surface area contributed by atoms with Gasteiger partial charge in [-0.05, 0) is 57.6 Å². The van der Waals surface area contributed by atoms with E-state index >= 15 is 0 Å². The molecule has 126 valence electrons. The highest BCUT2D eigenvalue weighted by Gasteiger charge is 2.31. The molecular weight excluding hydrogens is 299 g/mol. The molecule has 4 nitrogen and oxygen atoms in total. The van der Waals surface area contributed by atoms with E-state index in [0.717, 1.165) is 42.0 Å². The molecule has 1 aliphatic carbocycles. The lowest BCUT2D eigenvalue weighted by atomic mass is 9.77. The van der Waals surface area contributed by atoms with Crippen LogP contribution < -0.4 is 10.8 Å². The number of nitrogens with zero attached hydrogens (tertiary/aromatic N) is 1. The molecule has 0 unspecified atom stereocenters. The summed E-state index contributed by atoms with van der Waals surface area (Å²) in [6.45, 7) is 3.75. The van der Waals surface area contributed by atoms with Crippen LogP contribution in [0.2, 0.25) is 0 Å². The molecule has 0 atom stereocenters. The van der Waals surface area contributed by atoms with Crippen LogP contribution in [0.15, 0.2) is 30.5 Å². The van der Waals surface area contributed by atoms with Crippen molar-refractivity contribution in [2.75, 3.05) is 0 Å².